The van der Waals surface area contributed by atoms with Crippen molar-refractivity contribution in [2.24, 2.45) is 5.92 Å². The minimum atomic E-state index is -0.319. The molecule has 0 saturated carbocycles. The molecule has 0 bridgehead atoms. The lowest BCUT2D eigenvalue weighted by Crippen LogP contribution is -2.22. The topological polar surface area (TPSA) is 47.9 Å². The number of hydrogen-bond acceptors (Lipinski definition) is 4. The molecule has 4 nitrogen and oxygen atoms in total. The molecule has 112 valence electrons. The van der Waals surface area contributed by atoms with E-state index in [2.05, 4.69) is 0 Å². The van der Waals surface area contributed by atoms with Gasteiger partial charge in [0.05, 0.1) is 19.8 Å². The van der Waals surface area contributed by atoms with Crippen molar-refractivity contribution in [1.82, 2.24) is 0 Å². The standard InChI is InChI=1S/C16H24O4/c1-2-19-15-6-4-3-5-14(15)16(11-17)20-12-13-7-9-18-10-8-13/h3-6,13,16-17H,2,7-12H2,1H3. The van der Waals surface area contributed by atoms with E-state index in [1.165, 1.54) is 0 Å². The van der Waals surface area contributed by atoms with Crippen molar-refractivity contribution >= 4 is 0 Å². The first kappa shape index (κ1) is 15.3. The maximum absolute atomic E-state index is 9.60. The average molecular weight is 280 g/mol. The second kappa shape index (κ2) is 8.25. The molecule has 1 fully saturated rings. The van der Waals surface area contributed by atoms with Crippen LogP contribution in [0.5, 0.6) is 5.75 Å². The molecule has 0 spiro atoms. The van der Waals surface area contributed by atoms with Gasteiger partial charge in [-0.2, -0.15) is 0 Å². The van der Waals surface area contributed by atoms with Gasteiger partial charge in [0.2, 0.25) is 0 Å². The van der Waals surface area contributed by atoms with E-state index in [0.29, 0.717) is 19.1 Å². The molecule has 1 aromatic rings. The van der Waals surface area contributed by atoms with E-state index in [0.717, 1.165) is 37.4 Å². The molecule has 1 unspecified atom stereocenters. The fraction of sp³-hybridized carbons (Fsp3) is 0.625. The first-order valence-electron chi connectivity index (χ1n) is 7.37. The van der Waals surface area contributed by atoms with Crippen molar-refractivity contribution in [3.63, 3.8) is 0 Å². The lowest BCUT2D eigenvalue weighted by molar-refractivity contribution is -0.0323. The zero-order valence-corrected chi connectivity index (χ0v) is 12.1. The Hall–Kier alpha value is -1.10. The third kappa shape index (κ3) is 4.20. The van der Waals surface area contributed by atoms with Crippen LogP contribution in [0.3, 0.4) is 0 Å². The summed E-state index contributed by atoms with van der Waals surface area (Å²) in [6.45, 7) is 4.81. The second-order valence-corrected chi connectivity index (χ2v) is 5.03. The Labute approximate surface area is 120 Å². The Morgan fingerprint density at radius 1 is 1.30 bits per heavy atom. The molecule has 1 aromatic carbocycles. The van der Waals surface area contributed by atoms with Gasteiger partial charge in [-0.25, -0.2) is 0 Å². The van der Waals surface area contributed by atoms with E-state index >= 15 is 0 Å². The number of aliphatic hydroxyl groups is 1. The molecule has 1 aliphatic rings. The Bertz CT molecular complexity index is 388. The molecule has 0 aromatic heterocycles. The van der Waals surface area contributed by atoms with E-state index in [1.54, 1.807) is 0 Å². The zero-order valence-electron chi connectivity index (χ0n) is 12.1. The summed E-state index contributed by atoms with van der Waals surface area (Å²) >= 11 is 0. The molecule has 4 heteroatoms. The highest BCUT2D eigenvalue weighted by molar-refractivity contribution is 5.35. The third-order valence-electron chi connectivity index (χ3n) is 3.61. The summed E-state index contributed by atoms with van der Waals surface area (Å²) in [4.78, 5) is 0. The van der Waals surface area contributed by atoms with Gasteiger partial charge >= 0.3 is 0 Å². The van der Waals surface area contributed by atoms with Gasteiger partial charge in [0, 0.05) is 18.8 Å². The molecule has 1 heterocycles. The number of benzene rings is 1. The maximum Gasteiger partial charge on any atom is 0.125 e. The van der Waals surface area contributed by atoms with Crippen molar-refractivity contribution < 1.29 is 19.3 Å². The van der Waals surface area contributed by atoms with E-state index in [1.807, 2.05) is 31.2 Å². The highest BCUT2D eigenvalue weighted by Crippen LogP contribution is 2.28. The summed E-state index contributed by atoms with van der Waals surface area (Å²) in [5.74, 6) is 1.32. The lowest BCUT2D eigenvalue weighted by Gasteiger charge is -2.25. The van der Waals surface area contributed by atoms with Crippen LogP contribution in [-0.2, 0) is 9.47 Å². The Morgan fingerprint density at radius 2 is 2.05 bits per heavy atom. The molecule has 1 N–H and O–H groups in total. The van der Waals surface area contributed by atoms with Crippen LogP contribution in [0.25, 0.3) is 0 Å². The van der Waals surface area contributed by atoms with Crippen LogP contribution in [0.15, 0.2) is 24.3 Å². The minimum absolute atomic E-state index is 0.0344. The monoisotopic (exact) mass is 280 g/mol. The van der Waals surface area contributed by atoms with E-state index in [4.69, 9.17) is 14.2 Å². The van der Waals surface area contributed by atoms with Crippen molar-refractivity contribution in [2.45, 2.75) is 25.9 Å². The molecule has 0 radical (unpaired) electrons. The van der Waals surface area contributed by atoms with Crippen LogP contribution in [0, 0.1) is 5.92 Å². The summed E-state index contributed by atoms with van der Waals surface area (Å²) in [5, 5.41) is 9.60. The predicted molar refractivity (Wildman–Crippen MR) is 76.9 cm³/mol. The van der Waals surface area contributed by atoms with Gasteiger partial charge in [-0.15, -0.1) is 0 Å². The van der Waals surface area contributed by atoms with Gasteiger partial charge in [-0.05, 0) is 31.7 Å². The largest absolute Gasteiger partial charge is 0.493 e. The van der Waals surface area contributed by atoms with Crippen molar-refractivity contribution in [3.05, 3.63) is 29.8 Å². The number of rotatable bonds is 7. The minimum Gasteiger partial charge on any atom is -0.493 e. The Morgan fingerprint density at radius 3 is 2.75 bits per heavy atom. The highest BCUT2D eigenvalue weighted by atomic mass is 16.5. The maximum atomic E-state index is 9.60. The fourth-order valence-corrected chi connectivity index (χ4v) is 2.44. The van der Waals surface area contributed by atoms with Gasteiger partial charge in [-0.3, -0.25) is 0 Å². The molecule has 2 rings (SSSR count). The van der Waals surface area contributed by atoms with Crippen LogP contribution >= 0.6 is 0 Å². The summed E-state index contributed by atoms with van der Waals surface area (Å²) in [7, 11) is 0. The van der Waals surface area contributed by atoms with Crippen molar-refractivity contribution in [2.75, 3.05) is 33.0 Å². The third-order valence-corrected chi connectivity index (χ3v) is 3.61. The van der Waals surface area contributed by atoms with Crippen LogP contribution < -0.4 is 4.74 Å². The van der Waals surface area contributed by atoms with E-state index in [-0.39, 0.29) is 12.7 Å². The van der Waals surface area contributed by atoms with Gasteiger partial charge in [-0.1, -0.05) is 18.2 Å². The number of hydrogen-bond donors (Lipinski definition) is 1. The summed E-state index contributed by atoms with van der Waals surface area (Å²) < 4.78 is 16.9. The van der Waals surface area contributed by atoms with Crippen molar-refractivity contribution in [3.8, 4) is 5.75 Å². The second-order valence-electron chi connectivity index (χ2n) is 5.03. The van der Waals surface area contributed by atoms with Gasteiger partial charge in [0.1, 0.15) is 11.9 Å². The molecule has 0 aliphatic carbocycles. The predicted octanol–water partition coefficient (Wildman–Crippen LogP) is 2.56. The molecule has 0 amide bonds. The van der Waals surface area contributed by atoms with E-state index < -0.39 is 0 Å². The fourth-order valence-electron chi connectivity index (χ4n) is 2.44. The lowest BCUT2D eigenvalue weighted by atomic mass is 10.0. The summed E-state index contributed by atoms with van der Waals surface area (Å²) in [6.07, 6.45) is 1.75. The molecular formula is C16H24O4. The van der Waals surface area contributed by atoms with Gasteiger partial charge < -0.3 is 19.3 Å². The molecule has 1 atom stereocenters. The number of aliphatic hydroxyl groups excluding tert-OH is 1. The van der Waals surface area contributed by atoms with Gasteiger partial charge in [0.15, 0.2) is 0 Å². The smallest absolute Gasteiger partial charge is 0.125 e. The normalized spacial score (nSPS) is 17.9. The highest BCUT2D eigenvalue weighted by Gasteiger charge is 2.19. The average Bonchev–Trinajstić information content (AvgIpc) is 2.51. The van der Waals surface area contributed by atoms with Crippen molar-refractivity contribution in [1.29, 1.82) is 0 Å². The zero-order chi connectivity index (χ0) is 14.2. The van der Waals surface area contributed by atoms with E-state index in [9.17, 15) is 5.11 Å². The molecule has 1 saturated heterocycles. The van der Waals surface area contributed by atoms with Crippen LogP contribution in [0.2, 0.25) is 0 Å². The van der Waals surface area contributed by atoms with Crippen LogP contribution in [0.4, 0.5) is 0 Å². The molecular weight excluding hydrogens is 256 g/mol. The number of para-hydroxylation sites is 1. The SMILES string of the molecule is CCOc1ccccc1C(CO)OCC1CCOCC1. The Kier molecular flexibility index (Phi) is 6.30. The van der Waals surface area contributed by atoms with Crippen LogP contribution in [-0.4, -0.2) is 38.1 Å². The van der Waals surface area contributed by atoms with Gasteiger partial charge in [0.25, 0.3) is 0 Å². The number of ether oxygens (including phenoxy) is 3. The first-order valence-corrected chi connectivity index (χ1v) is 7.37. The summed E-state index contributed by atoms with van der Waals surface area (Å²) in [6, 6.07) is 7.74. The molecule has 1 aliphatic heterocycles. The Balaban J connectivity index is 1.96. The molecule has 20 heavy (non-hydrogen) atoms. The van der Waals surface area contributed by atoms with Crippen LogP contribution in [0.1, 0.15) is 31.4 Å². The summed E-state index contributed by atoms with van der Waals surface area (Å²) in [5.41, 5.74) is 0.920. The quantitative estimate of drug-likeness (QED) is 0.834. The first-order chi connectivity index (χ1) is 9.85.